The highest BCUT2D eigenvalue weighted by atomic mass is 16.2. The Labute approximate surface area is 168 Å². The summed E-state index contributed by atoms with van der Waals surface area (Å²) in [5, 5.41) is 5.70. The maximum atomic E-state index is 12.7. The molecule has 0 aliphatic heterocycles. The Balaban J connectivity index is 1.53. The first kappa shape index (κ1) is 18.7. The third kappa shape index (κ3) is 4.11. The zero-order valence-corrected chi connectivity index (χ0v) is 16.0. The van der Waals surface area contributed by atoms with Crippen LogP contribution in [0.4, 0.5) is 5.69 Å². The Morgan fingerprint density at radius 3 is 2.28 bits per heavy atom. The largest absolute Gasteiger partial charge is 0.349 e. The molecule has 1 fully saturated rings. The Morgan fingerprint density at radius 2 is 1.59 bits per heavy atom. The van der Waals surface area contributed by atoms with Gasteiger partial charge < -0.3 is 10.6 Å². The van der Waals surface area contributed by atoms with Crippen molar-refractivity contribution in [2.45, 2.75) is 25.8 Å². The average Bonchev–Trinajstić information content (AvgIpc) is 3.53. The fourth-order valence-electron chi connectivity index (χ4n) is 3.09. The standard InChI is InChI=1S/C23H21N3O3/c1-15-5-2-3-6-19(15)21(27)24-17-10-12-18(13-11-17)26-14-4-7-20(23(26)29)22(28)25-16-8-9-16/h2-7,10-14,16H,8-9H2,1H3,(H,24,27)(H,25,28). The lowest BCUT2D eigenvalue weighted by Crippen LogP contribution is -2.33. The zero-order valence-electron chi connectivity index (χ0n) is 16.0. The molecule has 1 heterocycles. The second-order valence-corrected chi connectivity index (χ2v) is 7.16. The number of carbonyl (C=O) groups excluding carboxylic acids is 2. The van der Waals surface area contributed by atoms with E-state index in [4.69, 9.17) is 0 Å². The summed E-state index contributed by atoms with van der Waals surface area (Å²) < 4.78 is 1.43. The molecular formula is C23H21N3O3. The quantitative estimate of drug-likeness (QED) is 0.705. The van der Waals surface area contributed by atoms with Gasteiger partial charge in [-0.3, -0.25) is 19.0 Å². The summed E-state index contributed by atoms with van der Waals surface area (Å²) in [5.74, 6) is -0.527. The molecule has 0 spiro atoms. The minimum atomic E-state index is -0.373. The maximum absolute atomic E-state index is 12.7. The molecule has 1 aromatic heterocycles. The molecule has 0 unspecified atom stereocenters. The van der Waals surface area contributed by atoms with Crippen LogP contribution in [0.1, 0.15) is 39.1 Å². The van der Waals surface area contributed by atoms with Crippen molar-refractivity contribution in [3.8, 4) is 5.69 Å². The Morgan fingerprint density at radius 1 is 0.897 bits per heavy atom. The molecular weight excluding hydrogens is 366 g/mol. The lowest BCUT2D eigenvalue weighted by Gasteiger charge is -2.11. The van der Waals surface area contributed by atoms with Crippen molar-refractivity contribution in [3.05, 3.63) is 93.9 Å². The van der Waals surface area contributed by atoms with Gasteiger partial charge in [-0.05, 0) is 67.8 Å². The Kier molecular flexibility index (Phi) is 4.99. The molecule has 0 atom stereocenters. The monoisotopic (exact) mass is 387 g/mol. The van der Waals surface area contributed by atoms with Crippen LogP contribution in [0.2, 0.25) is 0 Å². The van der Waals surface area contributed by atoms with Gasteiger partial charge in [-0.25, -0.2) is 0 Å². The van der Waals surface area contributed by atoms with E-state index in [2.05, 4.69) is 10.6 Å². The van der Waals surface area contributed by atoms with Crippen LogP contribution in [0.3, 0.4) is 0 Å². The SMILES string of the molecule is Cc1ccccc1C(=O)Nc1ccc(-n2cccc(C(=O)NC3CC3)c2=O)cc1. The number of rotatable bonds is 5. The third-order valence-corrected chi connectivity index (χ3v) is 4.90. The molecule has 29 heavy (non-hydrogen) atoms. The highest BCUT2D eigenvalue weighted by Gasteiger charge is 2.25. The van der Waals surface area contributed by atoms with E-state index in [9.17, 15) is 14.4 Å². The number of benzene rings is 2. The van der Waals surface area contributed by atoms with E-state index in [1.165, 1.54) is 10.6 Å². The average molecular weight is 387 g/mol. The number of hydrogen-bond donors (Lipinski definition) is 2. The first-order valence-corrected chi connectivity index (χ1v) is 9.53. The minimum absolute atomic E-state index is 0.122. The topological polar surface area (TPSA) is 80.2 Å². The second kappa shape index (κ2) is 7.75. The number of nitrogens with zero attached hydrogens (tertiary/aromatic N) is 1. The zero-order chi connectivity index (χ0) is 20.4. The van der Waals surface area contributed by atoms with Gasteiger partial charge in [0.25, 0.3) is 17.4 Å². The van der Waals surface area contributed by atoms with E-state index in [0.717, 1.165) is 18.4 Å². The number of carbonyl (C=O) groups is 2. The highest BCUT2D eigenvalue weighted by molar-refractivity contribution is 6.05. The van der Waals surface area contributed by atoms with E-state index in [0.29, 0.717) is 16.9 Å². The van der Waals surface area contributed by atoms with Gasteiger partial charge in [0.2, 0.25) is 0 Å². The Hall–Kier alpha value is -3.67. The van der Waals surface area contributed by atoms with Crippen molar-refractivity contribution in [2.75, 3.05) is 5.32 Å². The molecule has 1 saturated carbocycles. The summed E-state index contributed by atoms with van der Waals surface area (Å²) in [4.78, 5) is 37.4. The van der Waals surface area contributed by atoms with E-state index in [-0.39, 0.29) is 29.0 Å². The molecule has 1 aliphatic carbocycles. The van der Waals surface area contributed by atoms with E-state index >= 15 is 0 Å². The van der Waals surface area contributed by atoms with E-state index in [1.54, 1.807) is 42.6 Å². The molecule has 6 nitrogen and oxygen atoms in total. The normalized spacial score (nSPS) is 13.0. The minimum Gasteiger partial charge on any atom is -0.349 e. The summed E-state index contributed by atoms with van der Waals surface area (Å²) in [6.45, 7) is 1.89. The smallest absolute Gasteiger partial charge is 0.267 e. The van der Waals surface area contributed by atoms with Gasteiger partial charge in [0, 0.05) is 29.2 Å². The van der Waals surface area contributed by atoms with Crippen molar-refractivity contribution in [1.29, 1.82) is 0 Å². The number of pyridine rings is 1. The molecule has 6 heteroatoms. The summed E-state index contributed by atoms with van der Waals surface area (Å²) in [7, 11) is 0. The molecule has 2 aromatic carbocycles. The molecule has 146 valence electrons. The second-order valence-electron chi connectivity index (χ2n) is 7.16. The van der Waals surface area contributed by atoms with Gasteiger partial charge >= 0.3 is 0 Å². The lowest BCUT2D eigenvalue weighted by molar-refractivity contribution is 0.0948. The van der Waals surface area contributed by atoms with Crippen LogP contribution in [0.5, 0.6) is 0 Å². The number of aromatic nitrogens is 1. The van der Waals surface area contributed by atoms with Crippen molar-refractivity contribution in [3.63, 3.8) is 0 Å². The van der Waals surface area contributed by atoms with Crippen LogP contribution in [0.25, 0.3) is 5.69 Å². The molecule has 2 amide bonds. The molecule has 4 rings (SSSR count). The predicted octanol–water partition coefficient (Wildman–Crippen LogP) is 3.29. The molecule has 0 saturated heterocycles. The van der Waals surface area contributed by atoms with Crippen LogP contribution >= 0.6 is 0 Å². The predicted molar refractivity (Wildman–Crippen MR) is 112 cm³/mol. The molecule has 0 radical (unpaired) electrons. The number of nitrogens with one attached hydrogen (secondary N) is 2. The number of amides is 2. The van der Waals surface area contributed by atoms with Crippen LogP contribution in [-0.2, 0) is 0 Å². The van der Waals surface area contributed by atoms with Crippen molar-refractivity contribution in [2.24, 2.45) is 0 Å². The van der Waals surface area contributed by atoms with Gasteiger partial charge in [0.15, 0.2) is 0 Å². The van der Waals surface area contributed by atoms with Gasteiger partial charge in [-0.1, -0.05) is 18.2 Å². The van der Waals surface area contributed by atoms with E-state index < -0.39 is 0 Å². The van der Waals surface area contributed by atoms with Crippen molar-refractivity contribution >= 4 is 17.5 Å². The molecule has 1 aliphatic rings. The maximum Gasteiger partial charge on any atom is 0.267 e. The van der Waals surface area contributed by atoms with Crippen molar-refractivity contribution < 1.29 is 9.59 Å². The summed E-state index contributed by atoms with van der Waals surface area (Å²) in [5.41, 5.74) is 2.50. The lowest BCUT2D eigenvalue weighted by atomic mass is 10.1. The third-order valence-electron chi connectivity index (χ3n) is 4.90. The molecule has 2 N–H and O–H groups in total. The van der Waals surface area contributed by atoms with E-state index in [1.807, 2.05) is 25.1 Å². The number of anilines is 1. The van der Waals surface area contributed by atoms with Gasteiger partial charge in [-0.2, -0.15) is 0 Å². The fourth-order valence-corrected chi connectivity index (χ4v) is 3.09. The number of hydrogen-bond acceptors (Lipinski definition) is 3. The molecule has 3 aromatic rings. The Bertz CT molecular complexity index is 1130. The van der Waals surface area contributed by atoms with Crippen molar-refractivity contribution in [1.82, 2.24) is 9.88 Å². The van der Waals surface area contributed by atoms with Gasteiger partial charge in [-0.15, -0.1) is 0 Å². The number of aryl methyl sites for hydroxylation is 1. The van der Waals surface area contributed by atoms with Crippen LogP contribution in [-0.4, -0.2) is 22.4 Å². The van der Waals surface area contributed by atoms with Gasteiger partial charge in [0.05, 0.1) is 0 Å². The highest BCUT2D eigenvalue weighted by Crippen LogP contribution is 2.19. The van der Waals surface area contributed by atoms with Crippen LogP contribution in [0, 0.1) is 6.92 Å². The fraction of sp³-hybridized carbons (Fsp3) is 0.174. The molecule has 0 bridgehead atoms. The van der Waals surface area contributed by atoms with Crippen LogP contribution in [0.15, 0.2) is 71.7 Å². The summed E-state index contributed by atoms with van der Waals surface area (Å²) in [6, 6.07) is 17.7. The summed E-state index contributed by atoms with van der Waals surface area (Å²) in [6.07, 6.45) is 3.54. The first-order valence-electron chi connectivity index (χ1n) is 9.53. The first-order chi connectivity index (χ1) is 14.0. The summed E-state index contributed by atoms with van der Waals surface area (Å²) >= 11 is 0. The van der Waals surface area contributed by atoms with Gasteiger partial charge in [0.1, 0.15) is 5.56 Å². The van der Waals surface area contributed by atoms with Crippen LogP contribution < -0.4 is 16.2 Å².